The van der Waals surface area contributed by atoms with Gasteiger partial charge in [0.15, 0.2) is 11.5 Å². The van der Waals surface area contributed by atoms with E-state index in [9.17, 15) is 0 Å². The summed E-state index contributed by atoms with van der Waals surface area (Å²) in [6.45, 7) is 0. The molecule has 2 N–H and O–H groups in total. The van der Waals surface area contributed by atoms with Crippen LogP contribution in [-0.2, 0) is 0 Å². The molecule has 0 heterocycles. The predicted molar refractivity (Wildman–Crippen MR) is 76.3 cm³/mol. The van der Waals surface area contributed by atoms with Gasteiger partial charge in [-0.15, -0.1) is 0 Å². The van der Waals surface area contributed by atoms with Gasteiger partial charge in [0.05, 0.1) is 7.11 Å². The number of halogens is 1. The maximum atomic E-state index is 9.14. The van der Waals surface area contributed by atoms with E-state index < -0.39 is 0 Å². The normalized spacial score (nSPS) is 9.74. The van der Waals surface area contributed by atoms with Gasteiger partial charge in [-0.3, -0.25) is 0 Å². The number of nitrogen functional groups attached to an aromatic ring is 1. The van der Waals surface area contributed by atoms with Crippen LogP contribution in [0.25, 0.3) is 0 Å². The molecule has 0 aliphatic rings. The van der Waals surface area contributed by atoms with Gasteiger partial charge in [0.1, 0.15) is 17.4 Å². The molecule has 0 saturated carbocycles. The Morgan fingerprint density at radius 2 is 1.95 bits per heavy atom. The lowest BCUT2D eigenvalue weighted by Crippen LogP contribution is -1.94. The van der Waals surface area contributed by atoms with Crippen molar-refractivity contribution in [1.82, 2.24) is 0 Å². The second kappa shape index (κ2) is 5.63. The van der Waals surface area contributed by atoms with Crippen molar-refractivity contribution in [3.63, 3.8) is 0 Å². The fourth-order valence-corrected chi connectivity index (χ4v) is 2.02. The number of ether oxygens (including phenoxy) is 2. The van der Waals surface area contributed by atoms with Crippen LogP contribution in [0.1, 0.15) is 5.56 Å². The van der Waals surface area contributed by atoms with Crippen LogP contribution in [0, 0.1) is 11.3 Å². The van der Waals surface area contributed by atoms with Gasteiger partial charge >= 0.3 is 0 Å². The van der Waals surface area contributed by atoms with E-state index in [1.165, 1.54) is 7.11 Å². The lowest BCUT2D eigenvalue weighted by Gasteiger charge is -2.12. The summed E-state index contributed by atoms with van der Waals surface area (Å²) >= 11 is 3.31. The highest BCUT2D eigenvalue weighted by atomic mass is 79.9. The molecular formula is C14H11BrN2O2. The fraction of sp³-hybridized carbons (Fsp3) is 0.0714. The van der Waals surface area contributed by atoms with Crippen molar-refractivity contribution >= 4 is 21.6 Å². The Bertz CT molecular complexity index is 650. The number of nitrogens with zero attached hydrogens (tertiary/aromatic N) is 1. The van der Waals surface area contributed by atoms with Crippen LogP contribution in [0.4, 0.5) is 5.69 Å². The number of methoxy groups -OCH3 is 1. The maximum absolute atomic E-state index is 9.14. The topological polar surface area (TPSA) is 68.3 Å². The summed E-state index contributed by atoms with van der Waals surface area (Å²) in [5, 5.41) is 9.14. The first-order chi connectivity index (χ1) is 9.15. The van der Waals surface area contributed by atoms with Crippen molar-refractivity contribution in [2.24, 2.45) is 0 Å². The van der Waals surface area contributed by atoms with Crippen LogP contribution < -0.4 is 15.2 Å². The molecule has 0 bridgehead atoms. The SMILES string of the molecule is COc1cc(N)ccc1Oc1cccc(Br)c1C#N. The molecule has 0 aromatic heterocycles. The zero-order valence-corrected chi connectivity index (χ0v) is 11.8. The third kappa shape index (κ3) is 2.80. The zero-order valence-electron chi connectivity index (χ0n) is 10.2. The number of rotatable bonds is 3. The summed E-state index contributed by atoms with van der Waals surface area (Å²) in [5.41, 5.74) is 6.70. The average Bonchev–Trinajstić information content (AvgIpc) is 2.41. The highest BCUT2D eigenvalue weighted by molar-refractivity contribution is 9.10. The van der Waals surface area contributed by atoms with Crippen molar-refractivity contribution in [1.29, 1.82) is 5.26 Å². The van der Waals surface area contributed by atoms with E-state index in [4.69, 9.17) is 20.5 Å². The molecule has 96 valence electrons. The smallest absolute Gasteiger partial charge is 0.169 e. The van der Waals surface area contributed by atoms with Gasteiger partial charge in [0.25, 0.3) is 0 Å². The van der Waals surface area contributed by atoms with E-state index in [0.717, 1.165) is 0 Å². The summed E-state index contributed by atoms with van der Waals surface area (Å²) in [5.74, 6) is 1.48. The Labute approximate surface area is 119 Å². The van der Waals surface area contributed by atoms with E-state index in [0.29, 0.717) is 33.0 Å². The molecule has 2 rings (SSSR count). The van der Waals surface area contributed by atoms with Gasteiger partial charge in [-0.1, -0.05) is 6.07 Å². The van der Waals surface area contributed by atoms with Crippen molar-refractivity contribution in [3.05, 3.63) is 46.4 Å². The van der Waals surface area contributed by atoms with E-state index in [-0.39, 0.29) is 0 Å². The van der Waals surface area contributed by atoms with Crippen LogP contribution in [0.15, 0.2) is 40.9 Å². The Kier molecular flexibility index (Phi) is 3.93. The van der Waals surface area contributed by atoms with Crippen LogP contribution in [-0.4, -0.2) is 7.11 Å². The highest BCUT2D eigenvalue weighted by Gasteiger charge is 2.11. The molecule has 2 aromatic rings. The fourth-order valence-electron chi connectivity index (χ4n) is 1.58. The second-order valence-electron chi connectivity index (χ2n) is 3.74. The van der Waals surface area contributed by atoms with Crippen LogP contribution in [0.2, 0.25) is 0 Å². The number of nitriles is 1. The van der Waals surface area contributed by atoms with Gasteiger partial charge in [0.2, 0.25) is 0 Å². The van der Waals surface area contributed by atoms with Gasteiger partial charge in [-0.05, 0) is 40.2 Å². The number of hydrogen-bond donors (Lipinski definition) is 1. The third-order valence-electron chi connectivity index (χ3n) is 2.49. The zero-order chi connectivity index (χ0) is 13.8. The monoisotopic (exact) mass is 318 g/mol. The molecule has 0 fully saturated rings. The number of anilines is 1. The van der Waals surface area contributed by atoms with Crippen LogP contribution in [0.5, 0.6) is 17.2 Å². The van der Waals surface area contributed by atoms with Crippen LogP contribution >= 0.6 is 15.9 Å². The van der Waals surface area contributed by atoms with Gasteiger partial charge in [-0.25, -0.2) is 0 Å². The molecule has 0 unspecified atom stereocenters. The molecule has 0 saturated heterocycles. The molecule has 0 aliphatic heterocycles. The molecule has 2 aromatic carbocycles. The molecule has 0 aliphatic carbocycles. The summed E-state index contributed by atoms with van der Waals surface area (Å²) in [6, 6.07) is 12.5. The van der Waals surface area contributed by atoms with Gasteiger partial charge in [0, 0.05) is 16.2 Å². The van der Waals surface area contributed by atoms with Crippen molar-refractivity contribution < 1.29 is 9.47 Å². The minimum Gasteiger partial charge on any atom is -0.493 e. The summed E-state index contributed by atoms with van der Waals surface area (Å²) in [6.07, 6.45) is 0. The van der Waals surface area contributed by atoms with Gasteiger partial charge < -0.3 is 15.2 Å². The minimum absolute atomic E-state index is 0.432. The first kappa shape index (κ1) is 13.2. The Morgan fingerprint density at radius 3 is 2.63 bits per heavy atom. The second-order valence-corrected chi connectivity index (χ2v) is 4.59. The van der Waals surface area contributed by atoms with E-state index >= 15 is 0 Å². The number of hydrogen-bond acceptors (Lipinski definition) is 4. The van der Waals surface area contributed by atoms with Crippen molar-refractivity contribution in [3.8, 4) is 23.3 Å². The summed E-state index contributed by atoms with van der Waals surface area (Å²) in [4.78, 5) is 0. The van der Waals surface area contributed by atoms with E-state index in [1.807, 2.05) is 0 Å². The Hall–Kier alpha value is -2.19. The highest BCUT2D eigenvalue weighted by Crippen LogP contribution is 2.36. The van der Waals surface area contributed by atoms with Gasteiger partial charge in [-0.2, -0.15) is 5.26 Å². The van der Waals surface area contributed by atoms with Crippen LogP contribution in [0.3, 0.4) is 0 Å². The standard InChI is InChI=1S/C14H11BrN2O2/c1-18-14-7-9(17)5-6-13(14)19-12-4-2-3-11(15)10(12)8-16/h2-7H,17H2,1H3. The molecule has 0 amide bonds. The quantitative estimate of drug-likeness (QED) is 0.876. The molecule has 5 heteroatoms. The number of nitrogens with two attached hydrogens (primary N) is 1. The molecule has 0 spiro atoms. The molecular weight excluding hydrogens is 308 g/mol. The summed E-state index contributed by atoms with van der Waals surface area (Å²) in [7, 11) is 1.54. The third-order valence-corrected chi connectivity index (χ3v) is 3.16. The lowest BCUT2D eigenvalue weighted by molar-refractivity contribution is 0.378. The molecule has 0 radical (unpaired) electrons. The largest absolute Gasteiger partial charge is 0.493 e. The van der Waals surface area contributed by atoms with Crippen molar-refractivity contribution in [2.75, 3.05) is 12.8 Å². The van der Waals surface area contributed by atoms with Crippen molar-refractivity contribution in [2.45, 2.75) is 0 Å². The molecule has 19 heavy (non-hydrogen) atoms. The first-order valence-electron chi connectivity index (χ1n) is 5.45. The summed E-state index contributed by atoms with van der Waals surface area (Å²) < 4.78 is 11.6. The lowest BCUT2D eigenvalue weighted by atomic mass is 10.2. The number of benzene rings is 2. The Balaban J connectivity index is 2.42. The van der Waals surface area contributed by atoms with E-state index in [1.54, 1.807) is 36.4 Å². The minimum atomic E-state index is 0.432. The Morgan fingerprint density at radius 1 is 1.16 bits per heavy atom. The average molecular weight is 319 g/mol. The first-order valence-corrected chi connectivity index (χ1v) is 6.25. The molecule has 0 atom stereocenters. The maximum Gasteiger partial charge on any atom is 0.169 e. The predicted octanol–water partition coefficient (Wildman–Crippen LogP) is 3.70. The molecule has 4 nitrogen and oxygen atoms in total. The van der Waals surface area contributed by atoms with E-state index in [2.05, 4.69) is 22.0 Å².